The number of nitrogens with zero attached hydrogens (tertiary/aromatic N) is 2. The molecule has 0 saturated carbocycles. The number of carboxylic acid groups (broad SMARTS) is 1. The predicted molar refractivity (Wildman–Crippen MR) is 61.8 cm³/mol. The van der Waals surface area contributed by atoms with Crippen molar-refractivity contribution in [1.82, 2.24) is 9.55 Å². The van der Waals surface area contributed by atoms with Crippen LogP contribution in [-0.4, -0.2) is 26.4 Å². The number of hydrogen-bond donors (Lipinski definition) is 1. The fourth-order valence-corrected chi connectivity index (χ4v) is 2.14. The van der Waals surface area contributed by atoms with Gasteiger partial charge >= 0.3 is 5.97 Å². The largest absolute Gasteiger partial charge is 0.481 e. The zero-order chi connectivity index (χ0) is 14.0. The quantitative estimate of drug-likeness (QED) is 0.878. The number of carbonyl (C=O) groups is 1. The Morgan fingerprint density at radius 3 is 2.53 bits per heavy atom. The topological polar surface area (TPSA) is 55.1 Å². The van der Waals surface area contributed by atoms with Gasteiger partial charge in [0.25, 0.3) is 0 Å². The number of aromatic nitrogens is 2. The zero-order valence-corrected chi connectivity index (χ0v) is 10.1. The maximum atomic E-state index is 13.6. The van der Waals surface area contributed by atoms with Crippen LogP contribution in [0.15, 0.2) is 29.7 Å². The summed E-state index contributed by atoms with van der Waals surface area (Å²) < 4.78 is 41.1. The minimum atomic E-state index is -1.09. The van der Waals surface area contributed by atoms with E-state index < -0.39 is 29.1 Å². The van der Waals surface area contributed by atoms with E-state index in [1.54, 1.807) is 0 Å². The van der Waals surface area contributed by atoms with Gasteiger partial charge in [-0.2, -0.15) is 0 Å². The summed E-state index contributed by atoms with van der Waals surface area (Å²) in [6.45, 7) is 0. The van der Waals surface area contributed by atoms with Crippen LogP contribution in [0.1, 0.15) is 0 Å². The minimum absolute atomic E-state index is 0.104. The Hall–Kier alpha value is -1.96. The molecule has 2 aromatic rings. The first-order chi connectivity index (χ1) is 8.99. The van der Waals surface area contributed by atoms with Crippen LogP contribution >= 0.6 is 11.8 Å². The standard InChI is InChI=1S/C11H7F3N2O2S/c12-6-3-7(13)10(8(14)4-6)16-2-1-15-11(16)19-5-9(17)18/h1-4H,5H2,(H,17,18). The van der Waals surface area contributed by atoms with Crippen LogP contribution in [0.4, 0.5) is 13.2 Å². The van der Waals surface area contributed by atoms with Gasteiger partial charge in [-0.05, 0) is 0 Å². The van der Waals surface area contributed by atoms with E-state index >= 15 is 0 Å². The number of carboxylic acids is 1. The smallest absolute Gasteiger partial charge is 0.313 e. The first-order valence-electron chi connectivity index (χ1n) is 5.02. The molecule has 1 aromatic carbocycles. The number of hydrogen-bond acceptors (Lipinski definition) is 3. The average Bonchev–Trinajstić information content (AvgIpc) is 2.73. The highest BCUT2D eigenvalue weighted by molar-refractivity contribution is 7.99. The third-order valence-electron chi connectivity index (χ3n) is 2.15. The molecular formula is C11H7F3N2O2S. The second-order valence-electron chi connectivity index (χ2n) is 3.48. The van der Waals surface area contributed by atoms with E-state index in [2.05, 4.69) is 4.98 Å². The highest BCUT2D eigenvalue weighted by Crippen LogP contribution is 2.25. The van der Waals surface area contributed by atoms with Crippen LogP contribution in [0.2, 0.25) is 0 Å². The van der Waals surface area contributed by atoms with Crippen LogP contribution < -0.4 is 0 Å². The van der Waals surface area contributed by atoms with Crippen molar-refractivity contribution in [2.75, 3.05) is 5.75 Å². The molecule has 0 bridgehead atoms. The summed E-state index contributed by atoms with van der Waals surface area (Å²) in [5.74, 6) is -4.60. The molecule has 0 saturated heterocycles. The Balaban J connectivity index is 2.43. The fraction of sp³-hybridized carbons (Fsp3) is 0.0909. The first-order valence-corrected chi connectivity index (χ1v) is 6.00. The molecule has 19 heavy (non-hydrogen) atoms. The molecule has 0 amide bonds. The summed E-state index contributed by atoms with van der Waals surface area (Å²) in [6, 6.07) is 1.09. The molecule has 0 radical (unpaired) electrons. The number of halogens is 3. The van der Waals surface area contributed by atoms with Crippen molar-refractivity contribution < 1.29 is 23.1 Å². The van der Waals surface area contributed by atoms with Gasteiger partial charge in [0.1, 0.15) is 11.5 Å². The molecule has 0 aliphatic rings. The van der Waals surface area contributed by atoms with E-state index in [4.69, 9.17) is 5.11 Å². The maximum absolute atomic E-state index is 13.6. The van der Waals surface area contributed by atoms with Crippen molar-refractivity contribution in [1.29, 1.82) is 0 Å². The lowest BCUT2D eigenvalue weighted by molar-refractivity contribution is -0.133. The first kappa shape index (κ1) is 13.5. The van der Waals surface area contributed by atoms with Crippen molar-refractivity contribution in [3.63, 3.8) is 0 Å². The van der Waals surface area contributed by atoms with E-state index in [9.17, 15) is 18.0 Å². The second kappa shape index (κ2) is 5.35. The normalized spacial score (nSPS) is 10.7. The molecular weight excluding hydrogens is 281 g/mol. The van der Waals surface area contributed by atoms with Crippen LogP contribution in [0.25, 0.3) is 5.69 Å². The third-order valence-corrected chi connectivity index (χ3v) is 3.11. The molecule has 1 aromatic heterocycles. The van der Waals surface area contributed by atoms with Crippen molar-refractivity contribution in [3.05, 3.63) is 42.0 Å². The summed E-state index contributed by atoms with van der Waals surface area (Å²) in [5, 5.41) is 8.67. The van der Waals surface area contributed by atoms with Crippen molar-refractivity contribution in [2.45, 2.75) is 5.16 Å². The van der Waals surface area contributed by atoms with Crippen LogP contribution in [-0.2, 0) is 4.79 Å². The van der Waals surface area contributed by atoms with Gasteiger partial charge in [0.15, 0.2) is 16.8 Å². The maximum Gasteiger partial charge on any atom is 0.313 e. The highest BCUT2D eigenvalue weighted by atomic mass is 32.2. The molecule has 0 spiro atoms. The molecule has 4 nitrogen and oxygen atoms in total. The van der Waals surface area contributed by atoms with Gasteiger partial charge in [-0.3, -0.25) is 9.36 Å². The molecule has 0 unspecified atom stereocenters. The molecule has 0 aliphatic carbocycles. The van der Waals surface area contributed by atoms with E-state index in [1.165, 1.54) is 12.4 Å². The Bertz CT molecular complexity index is 607. The van der Waals surface area contributed by atoms with Gasteiger partial charge in [-0.1, -0.05) is 11.8 Å². The highest BCUT2D eigenvalue weighted by Gasteiger charge is 2.17. The van der Waals surface area contributed by atoms with Gasteiger partial charge in [0.2, 0.25) is 0 Å². The van der Waals surface area contributed by atoms with Crippen molar-refractivity contribution >= 4 is 17.7 Å². The predicted octanol–water partition coefficient (Wildman–Crippen LogP) is 2.47. The van der Waals surface area contributed by atoms with Gasteiger partial charge < -0.3 is 5.11 Å². The number of thioether (sulfide) groups is 1. The van der Waals surface area contributed by atoms with E-state index in [-0.39, 0.29) is 10.9 Å². The van der Waals surface area contributed by atoms with Gasteiger partial charge in [0.05, 0.1) is 5.75 Å². The zero-order valence-electron chi connectivity index (χ0n) is 9.31. The number of rotatable bonds is 4. The lowest BCUT2D eigenvalue weighted by Crippen LogP contribution is -2.05. The molecule has 1 heterocycles. The Labute approximate surface area is 109 Å². The molecule has 2 rings (SSSR count). The van der Waals surface area contributed by atoms with Gasteiger partial charge in [-0.25, -0.2) is 18.2 Å². The van der Waals surface area contributed by atoms with E-state index in [0.717, 1.165) is 16.3 Å². The summed E-state index contributed by atoms with van der Waals surface area (Å²) in [4.78, 5) is 14.3. The molecule has 1 N–H and O–H groups in total. The van der Waals surface area contributed by atoms with Crippen LogP contribution in [0, 0.1) is 17.5 Å². The Morgan fingerprint density at radius 2 is 1.95 bits per heavy atom. The number of benzene rings is 1. The molecule has 0 aliphatic heterocycles. The summed E-state index contributed by atoms with van der Waals surface area (Å²) in [7, 11) is 0. The molecule has 8 heteroatoms. The summed E-state index contributed by atoms with van der Waals surface area (Å²) >= 11 is 0.803. The molecule has 100 valence electrons. The summed E-state index contributed by atoms with van der Waals surface area (Å²) in [5.41, 5.74) is -0.494. The van der Waals surface area contributed by atoms with Crippen LogP contribution in [0.3, 0.4) is 0 Å². The second-order valence-corrected chi connectivity index (χ2v) is 4.42. The lowest BCUT2D eigenvalue weighted by atomic mass is 10.3. The van der Waals surface area contributed by atoms with Gasteiger partial charge in [-0.15, -0.1) is 0 Å². The Kier molecular flexibility index (Phi) is 3.79. The number of aliphatic carboxylic acids is 1. The van der Waals surface area contributed by atoms with Crippen molar-refractivity contribution in [2.24, 2.45) is 0 Å². The Morgan fingerprint density at radius 1 is 1.32 bits per heavy atom. The van der Waals surface area contributed by atoms with Gasteiger partial charge in [0, 0.05) is 24.5 Å². The fourth-order valence-electron chi connectivity index (χ4n) is 1.46. The monoisotopic (exact) mass is 288 g/mol. The average molecular weight is 288 g/mol. The van der Waals surface area contributed by atoms with E-state index in [1.807, 2.05) is 0 Å². The number of imidazole rings is 1. The lowest BCUT2D eigenvalue weighted by Gasteiger charge is -2.09. The minimum Gasteiger partial charge on any atom is -0.481 e. The molecule has 0 fully saturated rings. The van der Waals surface area contributed by atoms with Crippen molar-refractivity contribution in [3.8, 4) is 5.69 Å². The molecule has 0 atom stereocenters. The van der Waals surface area contributed by atoms with E-state index in [0.29, 0.717) is 12.1 Å². The third kappa shape index (κ3) is 2.90. The summed E-state index contributed by atoms with van der Waals surface area (Å²) in [6.07, 6.45) is 2.54. The SMILES string of the molecule is O=C(O)CSc1nccn1-c1c(F)cc(F)cc1F. The van der Waals surface area contributed by atoms with Crippen LogP contribution in [0.5, 0.6) is 0 Å².